The summed E-state index contributed by atoms with van der Waals surface area (Å²) in [5.74, 6) is -4.25. The molecular formula is C18H17ClF3N5O2. The molecule has 0 bridgehead atoms. The van der Waals surface area contributed by atoms with Gasteiger partial charge in [-0.25, -0.2) is 18.0 Å². The maximum atomic E-state index is 14.1. The van der Waals surface area contributed by atoms with Crippen LogP contribution in [-0.2, 0) is 19.5 Å². The van der Waals surface area contributed by atoms with Crippen LogP contribution in [0.15, 0.2) is 18.2 Å². The Kier molecular flexibility index (Phi) is 4.68. The van der Waals surface area contributed by atoms with Gasteiger partial charge in [0.05, 0.1) is 23.8 Å². The number of benzene rings is 1. The van der Waals surface area contributed by atoms with Gasteiger partial charge < -0.3 is 15.1 Å². The first-order valence-corrected chi connectivity index (χ1v) is 9.25. The van der Waals surface area contributed by atoms with Gasteiger partial charge >= 0.3 is 6.03 Å². The summed E-state index contributed by atoms with van der Waals surface area (Å²) in [4.78, 5) is 27.7. The van der Waals surface area contributed by atoms with E-state index in [1.165, 1.54) is 24.1 Å². The molecule has 3 heterocycles. The second-order valence-corrected chi connectivity index (χ2v) is 7.59. The third kappa shape index (κ3) is 3.64. The predicted octanol–water partition coefficient (Wildman–Crippen LogP) is 2.99. The van der Waals surface area contributed by atoms with Crippen molar-refractivity contribution < 1.29 is 22.8 Å². The van der Waals surface area contributed by atoms with Gasteiger partial charge in [-0.1, -0.05) is 11.6 Å². The fourth-order valence-electron chi connectivity index (χ4n) is 3.60. The minimum Gasteiger partial charge on any atom is -0.334 e. The summed E-state index contributed by atoms with van der Waals surface area (Å²) < 4.78 is 42.5. The molecule has 2 aliphatic rings. The number of hydrogen-bond acceptors (Lipinski definition) is 3. The normalized spacial score (nSPS) is 18.2. The molecule has 2 aromatic rings. The van der Waals surface area contributed by atoms with Crippen LogP contribution in [0.25, 0.3) is 0 Å². The fourth-order valence-corrected chi connectivity index (χ4v) is 3.78. The third-order valence-corrected chi connectivity index (χ3v) is 5.25. The highest BCUT2D eigenvalue weighted by molar-refractivity contribution is 6.31. The van der Waals surface area contributed by atoms with Gasteiger partial charge in [0.15, 0.2) is 0 Å². The monoisotopic (exact) mass is 427 g/mol. The summed E-state index contributed by atoms with van der Waals surface area (Å²) in [6, 6.07) is 3.33. The number of amides is 3. The lowest BCUT2D eigenvalue weighted by Crippen LogP contribution is -2.40. The van der Waals surface area contributed by atoms with Gasteiger partial charge in [0.1, 0.15) is 18.1 Å². The van der Waals surface area contributed by atoms with Gasteiger partial charge in [0, 0.05) is 31.3 Å². The van der Waals surface area contributed by atoms with Gasteiger partial charge in [-0.15, -0.1) is 0 Å². The molecule has 1 aromatic carbocycles. The van der Waals surface area contributed by atoms with Crippen LogP contribution in [0.5, 0.6) is 0 Å². The van der Waals surface area contributed by atoms with E-state index >= 15 is 0 Å². The molecular weight excluding hydrogens is 411 g/mol. The van der Waals surface area contributed by atoms with Gasteiger partial charge in [0.25, 0.3) is 11.8 Å². The number of aromatic nitrogens is 2. The van der Waals surface area contributed by atoms with Crippen molar-refractivity contribution in [1.82, 2.24) is 19.6 Å². The predicted molar refractivity (Wildman–Crippen MR) is 98.7 cm³/mol. The summed E-state index contributed by atoms with van der Waals surface area (Å²) in [7, 11) is 1.32. The topological polar surface area (TPSA) is 70.5 Å². The zero-order valence-corrected chi connectivity index (χ0v) is 16.1. The summed E-state index contributed by atoms with van der Waals surface area (Å²) >= 11 is 5.73. The quantitative estimate of drug-likeness (QED) is 0.760. The minimum atomic E-state index is -3.09. The van der Waals surface area contributed by atoms with Crippen LogP contribution in [0, 0.1) is 5.82 Å². The molecule has 7 nitrogen and oxygen atoms in total. The van der Waals surface area contributed by atoms with E-state index in [2.05, 4.69) is 10.4 Å². The highest BCUT2D eigenvalue weighted by atomic mass is 35.5. The Morgan fingerprint density at radius 1 is 1.31 bits per heavy atom. The highest BCUT2D eigenvalue weighted by Crippen LogP contribution is 2.30. The van der Waals surface area contributed by atoms with Gasteiger partial charge in [-0.3, -0.25) is 9.48 Å². The Balaban J connectivity index is 1.58. The van der Waals surface area contributed by atoms with Crippen LogP contribution in [-0.4, -0.2) is 57.6 Å². The standard InChI is InChI=1S/C18H17ClF3N5O2/c1-25-8-18(21,22)9-27-15(16(25)28)11-7-26(5-4-14(11)24-27)17(29)23-10-2-3-13(20)12(19)6-10/h2-3,6H,4-5,7-9H2,1H3,(H,23,29). The van der Waals surface area contributed by atoms with Crippen LogP contribution in [0.1, 0.15) is 21.7 Å². The minimum absolute atomic E-state index is 0.0522. The first-order chi connectivity index (χ1) is 13.6. The first-order valence-electron chi connectivity index (χ1n) is 8.87. The number of urea groups is 1. The maximum absolute atomic E-state index is 14.1. The Hall–Kier alpha value is -2.75. The molecule has 4 rings (SSSR count). The van der Waals surface area contributed by atoms with E-state index in [4.69, 9.17) is 11.6 Å². The highest BCUT2D eigenvalue weighted by Gasteiger charge is 2.41. The van der Waals surface area contributed by atoms with Crippen molar-refractivity contribution in [2.24, 2.45) is 0 Å². The van der Waals surface area contributed by atoms with Crippen LogP contribution in [0.2, 0.25) is 5.02 Å². The molecule has 1 N–H and O–H groups in total. The summed E-state index contributed by atoms with van der Waals surface area (Å²) in [5, 5.41) is 6.70. The number of anilines is 1. The van der Waals surface area contributed by atoms with Crippen LogP contribution >= 0.6 is 11.6 Å². The molecule has 0 radical (unpaired) electrons. The Bertz CT molecular complexity index is 1010. The number of hydrogen-bond donors (Lipinski definition) is 1. The lowest BCUT2D eigenvalue weighted by atomic mass is 10.0. The van der Waals surface area contributed by atoms with Crippen LogP contribution in [0.3, 0.4) is 0 Å². The number of carbonyl (C=O) groups is 2. The Morgan fingerprint density at radius 2 is 2.07 bits per heavy atom. The van der Waals surface area contributed by atoms with E-state index in [1.807, 2.05) is 0 Å². The van der Waals surface area contributed by atoms with Crippen molar-refractivity contribution >= 4 is 29.2 Å². The second-order valence-electron chi connectivity index (χ2n) is 7.18. The van der Waals surface area contributed by atoms with E-state index in [0.29, 0.717) is 29.9 Å². The van der Waals surface area contributed by atoms with E-state index in [9.17, 15) is 22.8 Å². The second kappa shape index (κ2) is 6.94. The average Bonchev–Trinajstić information content (AvgIpc) is 2.95. The van der Waals surface area contributed by atoms with Gasteiger partial charge in [-0.05, 0) is 18.2 Å². The Labute approximate surface area is 169 Å². The van der Waals surface area contributed by atoms with Crippen molar-refractivity contribution in [2.75, 3.05) is 25.5 Å². The van der Waals surface area contributed by atoms with Crippen molar-refractivity contribution in [1.29, 1.82) is 0 Å². The molecule has 0 saturated carbocycles. The van der Waals surface area contributed by atoms with Gasteiger partial charge in [-0.2, -0.15) is 5.10 Å². The molecule has 29 heavy (non-hydrogen) atoms. The summed E-state index contributed by atoms with van der Waals surface area (Å²) in [5.41, 5.74) is 1.41. The third-order valence-electron chi connectivity index (χ3n) is 4.96. The molecule has 3 amide bonds. The van der Waals surface area contributed by atoms with E-state index in [-0.39, 0.29) is 17.3 Å². The smallest absolute Gasteiger partial charge is 0.322 e. The van der Waals surface area contributed by atoms with Crippen molar-refractivity contribution in [2.45, 2.75) is 25.4 Å². The molecule has 154 valence electrons. The number of fused-ring (bicyclic) bond motifs is 3. The SMILES string of the molecule is CN1CC(F)(F)Cn2nc3c(c2C1=O)CN(C(=O)Nc1ccc(F)c(Cl)c1)CC3. The van der Waals surface area contributed by atoms with Crippen LogP contribution < -0.4 is 5.32 Å². The first kappa shape index (κ1) is 19.6. The van der Waals surface area contributed by atoms with E-state index < -0.39 is 36.8 Å². The maximum Gasteiger partial charge on any atom is 0.322 e. The number of nitrogens with one attached hydrogen (secondary N) is 1. The number of halogens is 4. The Morgan fingerprint density at radius 3 is 2.79 bits per heavy atom. The van der Waals surface area contributed by atoms with Crippen LogP contribution in [0.4, 0.5) is 23.7 Å². The lowest BCUT2D eigenvalue weighted by Gasteiger charge is -2.27. The largest absolute Gasteiger partial charge is 0.334 e. The van der Waals surface area contributed by atoms with Crippen molar-refractivity contribution in [3.8, 4) is 0 Å². The zero-order valence-electron chi connectivity index (χ0n) is 15.4. The number of nitrogens with zero attached hydrogens (tertiary/aromatic N) is 4. The number of alkyl halides is 2. The van der Waals surface area contributed by atoms with Crippen molar-refractivity contribution in [3.05, 3.63) is 46.0 Å². The lowest BCUT2D eigenvalue weighted by molar-refractivity contribution is -0.0336. The molecule has 2 aliphatic heterocycles. The summed E-state index contributed by atoms with van der Waals surface area (Å²) in [6.45, 7) is -1.04. The van der Waals surface area contributed by atoms with Gasteiger partial charge in [0.2, 0.25) is 0 Å². The molecule has 0 aliphatic carbocycles. The molecule has 0 unspecified atom stereocenters. The molecule has 0 spiro atoms. The molecule has 0 fully saturated rings. The number of carbonyl (C=O) groups excluding carboxylic acids is 2. The molecule has 1 aromatic heterocycles. The zero-order chi connectivity index (χ0) is 20.9. The summed E-state index contributed by atoms with van der Waals surface area (Å²) in [6.07, 6.45) is 0.329. The molecule has 11 heteroatoms. The van der Waals surface area contributed by atoms with E-state index in [1.54, 1.807) is 0 Å². The van der Waals surface area contributed by atoms with Crippen molar-refractivity contribution in [3.63, 3.8) is 0 Å². The van der Waals surface area contributed by atoms with E-state index in [0.717, 1.165) is 15.6 Å². The number of rotatable bonds is 1. The molecule has 0 atom stereocenters. The average molecular weight is 428 g/mol. The molecule has 0 saturated heterocycles. The fraction of sp³-hybridized carbons (Fsp3) is 0.389.